The highest BCUT2D eigenvalue weighted by atomic mass is 35.5. The van der Waals surface area contributed by atoms with Gasteiger partial charge in [0.2, 0.25) is 0 Å². The number of aromatic carboxylic acids is 1. The smallest absolute Gasteiger partial charge is 0.337 e. The van der Waals surface area contributed by atoms with Crippen LogP contribution in [0.1, 0.15) is 35.8 Å². The number of hydrogen-bond donors (Lipinski definition) is 1. The molecule has 144 valence electrons. The minimum absolute atomic E-state index is 0.0616. The van der Waals surface area contributed by atoms with Gasteiger partial charge in [-0.25, -0.2) is 9.78 Å². The van der Waals surface area contributed by atoms with Gasteiger partial charge >= 0.3 is 5.97 Å². The normalized spacial score (nSPS) is 10.7. The second kappa shape index (κ2) is 8.85. The number of ether oxygens (including phenoxy) is 1. The maximum atomic E-state index is 11.3. The van der Waals surface area contributed by atoms with Gasteiger partial charge < -0.3 is 9.84 Å². The predicted molar refractivity (Wildman–Crippen MR) is 110 cm³/mol. The van der Waals surface area contributed by atoms with E-state index in [0.29, 0.717) is 11.4 Å². The first-order valence-corrected chi connectivity index (χ1v) is 9.44. The fourth-order valence-electron chi connectivity index (χ4n) is 2.90. The number of rotatable bonds is 7. The molecule has 3 rings (SSSR count). The van der Waals surface area contributed by atoms with E-state index in [4.69, 9.17) is 21.3 Å². The Morgan fingerprint density at radius 2 is 1.82 bits per heavy atom. The van der Waals surface area contributed by atoms with Crippen molar-refractivity contribution in [2.24, 2.45) is 0 Å². The maximum Gasteiger partial charge on any atom is 0.337 e. The largest absolute Gasteiger partial charge is 0.497 e. The van der Waals surface area contributed by atoms with Crippen molar-refractivity contribution in [3.05, 3.63) is 64.9 Å². The molecule has 0 aliphatic rings. The third-order valence-corrected chi connectivity index (χ3v) is 4.76. The zero-order chi connectivity index (χ0) is 20.1. The Hall–Kier alpha value is -2.92. The molecule has 0 spiro atoms. The zero-order valence-corrected chi connectivity index (χ0v) is 16.5. The van der Waals surface area contributed by atoms with E-state index in [2.05, 4.69) is 11.9 Å². The van der Waals surface area contributed by atoms with E-state index < -0.39 is 5.97 Å². The van der Waals surface area contributed by atoms with Crippen LogP contribution in [0.4, 0.5) is 0 Å². The summed E-state index contributed by atoms with van der Waals surface area (Å²) in [5.74, 6) is -0.304. The number of carboxylic acid groups (broad SMARTS) is 1. The highest BCUT2D eigenvalue weighted by Crippen LogP contribution is 2.32. The molecule has 0 saturated carbocycles. The van der Waals surface area contributed by atoms with Crippen LogP contribution in [0.25, 0.3) is 22.5 Å². The van der Waals surface area contributed by atoms with Gasteiger partial charge in [0, 0.05) is 17.3 Å². The lowest BCUT2D eigenvalue weighted by Gasteiger charge is -2.12. The second-order valence-electron chi connectivity index (χ2n) is 6.39. The lowest BCUT2D eigenvalue weighted by atomic mass is 10.0. The second-order valence-corrected chi connectivity index (χ2v) is 6.80. The van der Waals surface area contributed by atoms with Crippen molar-refractivity contribution >= 4 is 17.6 Å². The maximum absolute atomic E-state index is 11.3. The number of hydrogen-bond acceptors (Lipinski definition) is 4. The summed E-state index contributed by atoms with van der Waals surface area (Å²) >= 11 is 6.19. The van der Waals surface area contributed by atoms with E-state index in [1.807, 2.05) is 24.3 Å². The van der Waals surface area contributed by atoms with E-state index in [9.17, 15) is 9.90 Å². The summed E-state index contributed by atoms with van der Waals surface area (Å²) in [6.45, 7) is 2.13. The first-order chi connectivity index (χ1) is 13.5. The summed E-state index contributed by atoms with van der Waals surface area (Å²) in [7, 11) is 1.62. The summed E-state index contributed by atoms with van der Waals surface area (Å²) in [6, 6.07) is 12.4. The topological polar surface area (TPSA) is 72.3 Å². The molecule has 0 bridgehead atoms. The molecule has 0 aliphatic carbocycles. The van der Waals surface area contributed by atoms with Crippen LogP contribution in [0, 0.1) is 0 Å². The highest BCUT2D eigenvalue weighted by Gasteiger charge is 2.16. The molecule has 0 saturated heterocycles. The molecule has 0 fully saturated rings. The van der Waals surface area contributed by atoms with Crippen LogP contribution in [0.15, 0.2) is 48.7 Å². The lowest BCUT2D eigenvalue weighted by molar-refractivity contribution is 0.0697. The van der Waals surface area contributed by atoms with E-state index in [0.717, 1.165) is 41.8 Å². The number of halogens is 1. The number of aryl methyl sites for hydroxylation is 1. The van der Waals surface area contributed by atoms with Gasteiger partial charge in [-0.3, -0.25) is 4.98 Å². The van der Waals surface area contributed by atoms with Crippen LogP contribution in [0.3, 0.4) is 0 Å². The molecule has 0 amide bonds. The number of methoxy groups -OCH3 is 1. The Labute approximate surface area is 169 Å². The lowest BCUT2D eigenvalue weighted by Crippen LogP contribution is -2.01. The number of carboxylic acids is 1. The van der Waals surface area contributed by atoms with Crippen LogP contribution in [-0.2, 0) is 6.42 Å². The van der Waals surface area contributed by atoms with E-state index in [-0.39, 0.29) is 10.6 Å². The molecule has 1 N–H and O–H groups in total. The van der Waals surface area contributed by atoms with Crippen molar-refractivity contribution in [2.45, 2.75) is 26.2 Å². The number of aromatic nitrogens is 2. The van der Waals surface area contributed by atoms with Crippen molar-refractivity contribution in [1.82, 2.24) is 9.97 Å². The van der Waals surface area contributed by atoms with Crippen LogP contribution in [0.5, 0.6) is 5.75 Å². The molecule has 0 atom stereocenters. The van der Waals surface area contributed by atoms with Crippen LogP contribution in [-0.4, -0.2) is 28.2 Å². The molecule has 5 nitrogen and oxygen atoms in total. The molecular weight excluding hydrogens is 376 g/mol. The summed E-state index contributed by atoms with van der Waals surface area (Å²) < 4.78 is 5.23. The molecule has 1 aromatic heterocycles. The van der Waals surface area contributed by atoms with Crippen LogP contribution < -0.4 is 4.74 Å². The third-order valence-electron chi connectivity index (χ3n) is 4.45. The molecule has 2 aromatic carbocycles. The summed E-state index contributed by atoms with van der Waals surface area (Å²) in [6.07, 6.45) is 4.72. The van der Waals surface area contributed by atoms with Crippen molar-refractivity contribution < 1.29 is 14.6 Å². The van der Waals surface area contributed by atoms with Gasteiger partial charge in [0.15, 0.2) is 0 Å². The van der Waals surface area contributed by atoms with Crippen molar-refractivity contribution in [2.75, 3.05) is 7.11 Å². The van der Waals surface area contributed by atoms with Gasteiger partial charge in [0.1, 0.15) is 5.75 Å². The molecule has 28 heavy (non-hydrogen) atoms. The Kier molecular flexibility index (Phi) is 6.26. The monoisotopic (exact) mass is 396 g/mol. The van der Waals surface area contributed by atoms with Gasteiger partial charge in [-0.05, 0) is 49.2 Å². The first kappa shape index (κ1) is 19.8. The van der Waals surface area contributed by atoms with Gasteiger partial charge in [0.25, 0.3) is 0 Å². The Bertz CT molecular complexity index is 988. The molecule has 0 unspecified atom stereocenters. The molecule has 1 heterocycles. The average molecular weight is 397 g/mol. The van der Waals surface area contributed by atoms with Crippen molar-refractivity contribution in [1.29, 1.82) is 0 Å². The number of nitrogens with zero attached hydrogens (tertiary/aromatic N) is 2. The number of benzene rings is 2. The molecular formula is C22H21ClN2O3. The molecule has 0 radical (unpaired) electrons. The van der Waals surface area contributed by atoms with Gasteiger partial charge in [0.05, 0.1) is 34.8 Å². The van der Waals surface area contributed by atoms with Gasteiger partial charge in [-0.2, -0.15) is 0 Å². The highest BCUT2D eigenvalue weighted by molar-refractivity contribution is 6.33. The quantitative estimate of drug-likeness (QED) is 0.569. The van der Waals surface area contributed by atoms with Crippen molar-refractivity contribution in [3.63, 3.8) is 0 Å². The summed E-state index contributed by atoms with van der Waals surface area (Å²) in [5, 5.41) is 9.40. The summed E-state index contributed by atoms with van der Waals surface area (Å²) in [4.78, 5) is 20.7. The van der Waals surface area contributed by atoms with Crippen LogP contribution in [0.2, 0.25) is 5.02 Å². The summed E-state index contributed by atoms with van der Waals surface area (Å²) in [5.41, 5.74) is 3.97. The molecule has 3 aromatic rings. The van der Waals surface area contributed by atoms with Crippen molar-refractivity contribution in [3.8, 4) is 28.3 Å². The standard InChI is InChI=1S/C22H21ClN2O3/c1-3-4-5-16-13-24-20(14-6-9-17(28-2)10-7-14)21(25-16)15-8-11-18(22(26)27)19(23)12-15/h6-13H,3-5H2,1-2H3,(H,26,27). The molecule has 6 heteroatoms. The minimum atomic E-state index is -1.06. The van der Waals surface area contributed by atoms with E-state index >= 15 is 0 Å². The van der Waals surface area contributed by atoms with E-state index in [1.54, 1.807) is 25.4 Å². The predicted octanol–water partition coefficient (Wildman–Crippen LogP) is 5.51. The SMILES string of the molecule is CCCCc1cnc(-c2ccc(OC)cc2)c(-c2ccc(C(=O)O)c(Cl)c2)n1. The molecule has 0 aliphatic heterocycles. The Morgan fingerprint density at radius 1 is 1.11 bits per heavy atom. The number of unbranched alkanes of at least 4 members (excludes halogenated alkanes) is 1. The van der Waals surface area contributed by atoms with Gasteiger partial charge in [-0.1, -0.05) is 31.0 Å². The van der Waals surface area contributed by atoms with E-state index in [1.165, 1.54) is 6.07 Å². The fraction of sp³-hybridized carbons (Fsp3) is 0.227. The zero-order valence-electron chi connectivity index (χ0n) is 15.8. The first-order valence-electron chi connectivity index (χ1n) is 9.07. The third kappa shape index (κ3) is 4.31. The Morgan fingerprint density at radius 3 is 2.43 bits per heavy atom. The number of carbonyl (C=O) groups is 1. The van der Waals surface area contributed by atoms with Gasteiger partial charge in [-0.15, -0.1) is 0 Å². The Balaban J connectivity index is 2.12. The fourth-order valence-corrected chi connectivity index (χ4v) is 3.16. The minimum Gasteiger partial charge on any atom is -0.497 e. The average Bonchev–Trinajstić information content (AvgIpc) is 2.71. The van der Waals surface area contributed by atoms with Crippen LogP contribution >= 0.6 is 11.6 Å².